The second-order valence-corrected chi connectivity index (χ2v) is 13.4. The van der Waals surface area contributed by atoms with Crippen LogP contribution in [0.2, 0.25) is 0 Å². The summed E-state index contributed by atoms with van der Waals surface area (Å²) in [6.45, 7) is 8.85. The van der Waals surface area contributed by atoms with Gasteiger partial charge in [-0.15, -0.1) is 0 Å². The minimum absolute atomic E-state index is 0.0256. The van der Waals surface area contributed by atoms with E-state index in [-0.39, 0.29) is 10.8 Å². The van der Waals surface area contributed by atoms with E-state index in [0.717, 1.165) is 39.0 Å². The minimum Gasteiger partial charge on any atom is -0.295 e. The van der Waals surface area contributed by atoms with Crippen LogP contribution in [0.25, 0.3) is 0 Å². The highest BCUT2D eigenvalue weighted by molar-refractivity contribution is 5.43. The molecule has 0 aromatic heterocycles. The van der Waals surface area contributed by atoms with Crippen LogP contribution in [-0.4, -0.2) is 35.0 Å². The van der Waals surface area contributed by atoms with E-state index in [1.807, 2.05) is 0 Å². The van der Waals surface area contributed by atoms with Gasteiger partial charge in [0.25, 0.3) is 0 Å². The molecule has 0 amide bonds. The summed E-state index contributed by atoms with van der Waals surface area (Å²) in [5, 5.41) is 0. The Labute approximate surface area is 264 Å². The molecule has 2 aliphatic rings. The molecule has 2 atom stereocenters. The third kappa shape index (κ3) is 5.42. The first kappa shape index (κ1) is 28.8. The molecule has 2 unspecified atom stereocenters. The second-order valence-electron chi connectivity index (χ2n) is 13.4. The lowest BCUT2D eigenvalue weighted by Crippen LogP contribution is -2.33. The summed E-state index contributed by atoms with van der Waals surface area (Å²) in [4.78, 5) is 5.37. The molecule has 2 fully saturated rings. The van der Waals surface area contributed by atoms with Gasteiger partial charge in [-0.1, -0.05) is 146 Å². The molecule has 44 heavy (non-hydrogen) atoms. The topological polar surface area (TPSA) is 6.48 Å². The van der Waals surface area contributed by atoms with Gasteiger partial charge in [0.05, 0.1) is 0 Å². The minimum atomic E-state index is 0.0256. The summed E-state index contributed by atoms with van der Waals surface area (Å²) in [5.41, 5.74) is 8.56. The van der Waals surface area contributed by atoms with Crippen molar-refractivity contribution in [2.45, 2.75) is 62.7 Å². The maximum atomic E-state index is 2.69. The Morgan fingerprint density at radius 2 is 0.705 bits per heavy atom. The molecule has 2 heterocycles. The van der Waals surface area contributed by atoms with E-state index in [4.69, 9.17) is 0 Å². The smallest absolute Gasteiger partial charge is 0.0344 e. The summed E-state index contributed by atoms with van der Waals surface area (Å²) in [5.74, 6) is 0. The lowest BCUT2D eigenvalue weighted by Gasteiger charge is -2.31. The molecule has 7 rings (SSSR count). The van der Waals surface area contributed by atoms with Crippen LogP contribution in [-0.2, 0) is 23.9 Å². The van der Waals surface area contributed by atoms with E-state index in [2.05, 4.69) is 169 Å². The van der Waals surface area contributed by atoms with E-state index in [0.29, 0.717) is 12.1 Å². The van der Waals surface area contributed by atoms with E-state index >= 15 is 0 Å². The SMILES string of the molecule is CC1CC(c2ccccc2)(c2ccccc2)CN1Cc1ccc(CN2CC(c3ccccc3)(c3ccccc3)CC2C)cc1. The molecule has 0 N–H and O–H groups in total. The normalized spacial score (nSPS) is 21.4. The summed E-state index contributed by atoms with van der Waals surface area (Å²) < 4.78 is 0. The summed E-state index contributed by atoms with van der Waals surface area (Å²) in [7, 11) is 0. The van der Waals surface area contributed by atoms with Crippen molar-refractivity contribution in [3.8, 4) is 0 Å². The zero-order chi connectivity index (χ0) is 30.0. The zero-order valence-corrected chi connectivity index (χ0v) is 26.1. The third-order valence-electron chi connectivity index (χ3n) is 10.6. The van der Waals surface area contributed by atoms with Crippen molar-refractivity contribution in [2.75, 3.05) is 13.1 Å². The van der Waals surface area contributed by atoms with Gasteiger partial charge in [-0.2, -0.15) is 0 Å². The van der Waals surface area contributed by atoms with Gasteiger partial charge in [-0.05, 0) is 60.1 Å². The molecular weight excluding hydrogens is 532 g/mol. The monoisotopic (exact) mass is 576 g/mol. The van der Waals surface area contributed by atoms with E-state index in [1.165, 1.54) is 33.4 Å². The first-order chi connectivity index (χ1) is 21.6. The van der Waals surface area contributed by atoms with E-state index in [9.17, 15) is 0 Å². The second kappa shape index (κ2) is 12.2. The maximum absolute atomic E-state index is 2.69. The maximum Gasteiger partial charge on any atom is 0.0344 e. The van der Waals surface area contributed by atoms with Crippen molar-refractivity contribution in [2.24, 2.45) is 0 Å². The molecular formula is C42H44N2. The van der Waals surface area contributed by atoms with Crippen molar-refractivity contribution in [1.82, 2.24) is 9.80 Å². The zero-order valence-electron chi connectivity index (χ0n) is 26.1. The first-order valence-electron chi connectivity index (χ1n) is 16.3. The fourth-order valence-corrected chi connectivity index (χ4v) is 8.24. The summed E-state index contributed by atoms with van der Waals surface area (Å²) >= 11 is 0. The average Bonchev–Trinajstić information content (AvgIpc) is 3.60. The number of benzene rings is 5. The standard InChI is InChI=1S/C42H44N2/c1-33-27-41(37-15-7-3-8-16-37,38-17-9-4-10-18-38)31-43(33)29-35-23-25-36(26-24-35)30-44-32-42(28-34(44)2,39-19-11-5-12-20-39)40-21-13-6-14-22-40/h3-26,33-34H,27-32H2,1-2H3. The van der Waals surface area contributed by atoms with Gasteiger partial charge in [-0.25, -0.2) is 0 Å². The molecule has 0 bridgehead atoms. The molecule has 222 valence electrons. The van der Waals surface area contributed by atoms with Crippen molar-refractivity contribution in [3.05, 3.63) is 179 Å². The van der Waals surface area contributed by atoms with Gasteiger partial charge in [-0.3, -0.25) is 9.80 Å². The number of hydrogen-bond donors (Lipinski definition) is 0. The Morgan fingerprint density at radius 1 is 0.432 bits per heavy atom. The number of nitrogens with zero attached hydrogens (tertiary/aromatic N) is 2. The van der Waals surface area contributed by atoms with Crippen LogP contribution in [0.5, 0.6) is 0 Å². The molecule has 0 aliphatic carbocycles. The Balaban J connectivity index is 1.07. The molecule has 0 spiro atoms. The molecule has 0 radical (unpaired) electrons. The number of likely N-dealkylation sites (tertiary alicyclic amines) is 2. The predicted octanol–water partition coefficient (Wildman–Crippen LogP) is 8.85. The van der Waals surface area contributed by atoms with Gasteiger partial charge in [0.1, 0.15) is 0 Å². The Bertz CT molecular complexity index is 1430. The fraction of sp³-hybridized carbons (Fsp3) is 0.286. The quantitative estimate of drug-likeness (QED) is 0.182. The Kier molecular flexibility index (Phi) is 7.97. The molecule has 5 aromatic rings. The lowest BCUT2D eigenvalue weighted by molar-refractivity contribution is 0.252. The van der Waals surface area contributed by atoms with Crippen molar-refractivity contribution >= 4 is 0 Å². The molecule has 2 aliphatic heterocycles. The van der Waals surface area contributed by atoms with Crippen LogP contribution in [0, 0.1) is 0 Å². The van der Waals surface area contributed by atoms with Crippen LogP contribution in [0.15, 0.2) is 146 Å². The molecule has 2 heteroatoms. The molecule has 2 nitrogen and oxygen atoms in total. The van der Waals surface area contributed by atoms with Crippen LogP contribution in [0.3, 0.4) is 0 Å². The molecule has 5 aromatic carbocycles. The van der Waals surface area contributed by atoms with Crippen LogP contribution >= 0.6 is 0 Å². The highest BCUT2D eigenvalue weighted by Crippen LogP contribution is 2.45. The van der Waals surface area contributed by atoms with E-state index < -0.39 is 0 Å². The highest BCUT2D eigenvalue weighted by Gasteiger charge is 2.45. The van der Waals surface area contributed by atoms with Gasteiger partial charge >= 0.3 is 0 Å². The largest absolute Gasteiger partial charge is 0.295 e. The van der Waals surface area contributed by atoms with Crippen LogP contribution < -0.4 is 0 Å². The van der Waals surface area contributed by atoms with Gasteiger partial charge in [0.15, 0.2) is 0 Å². The highest BCUT2D eigenvalue weighted by atomic mass is 15.2. The first-order valence-corrected chi connectivity index (χ1v) is 16.3. The Hall–Kier alpha value is -3.98. The van der Waals surface area contributed by atoms with Crippen molar-refractivity contribution in [3.63, 3.8) is 0 Å². The number of rotatable bonds is 8. The Morgan fingerprint density at radius 3 is 0.977 bits per heavy atom. The molecule has 0 saturated carbocycles. The van der Waals surface area contributed by atoms with Gasteiger partial charge < -0.3 is 0 Å². The van der Waals surface area contributed by atoms with Crippen LogP contribution in [0.1, 0.15) is 60.1 Å². The summed E-state index contributed by atoms with van der Waals surface area (Å²) in [6, 6.07) is 55.1. The number of hydrogen-bond acceptors (Lipinski definition) is 2. The summed E-state index contributed by atoms with van der Waals surface area (Å²) in [6.07, 6.45) is 2.27. The van der Waals surface area contributed by atoms with Crippen molar-refractivity contribution in [1.29, 1.82) is 0 Å². The van der Waals surface area contributed by atoms with Crippen molar-refractivity contribution < 1.29 is 0 Å². The van der Waals surface area contributed by atoms with Gasteiger partial charge in [0.2, 0.25) is 0 Å². The lowest BCUT2D eigenvalue weighted by atomic mass is 9.73. The fourth-order valence-electron chi connectivity index (χ4n) is 8.24. The van der Waals surface area contributed by atoms with E-state index in [1.54, 1.807) is 0 Å². The van der Waals surface area contributed by atoms with Gasteiger partial charge in [0, 0.05) is 49.1 Å². The predicted molar refractivity (Wildman–Crippen MR) is 183 cm³/mol. The third-order valence-corrected chi connectivity index (χ3v) is 10.6. The van der Waals surface area contributed by atoms with Crippen LogP contribution in [0.4, 0.5) is 0 Å². The average molecular weight is 577 g/mol. The molecule has 2 saturated heterocycles.